The molecule has 0 atom stereocenters. The van der Waals surface area contributed by atoms with Crippen LogP contribution >= 0.6 is 11.6 Å². The fraction of sp³-hybridized carbons (Fsp3) is 0.500. The van der Waals surface area contributed by atoms with Gasteiger partial charge in [0.2, 0.25) is 5.91 Å². The number of carbonyl (C=O) groups is 1. The minimum atomic E-state index is -0.352. The van der Waals surface area contributed by atoms with E-state index in [1.807, 2.05) is 25.7 Å². The van der Waals surface area contributed by atoms with Gasteiger partial charge in [-0.25, -0.2) is 4.39 Å². The van der Waals surface area contributed by atoms with Crippen molar-refractivity contribution in [3.05, 3.63) is 34.6 Å². The lowest BCUT2D eigenvalue weighted by atomic mass is 10.2. The van der Waals surface area contributed by atoms with Crippen LogP contribution in [-0.2, 0) is 11.3 Å². The van der Waals surface area contributed by atoms with Crippen molar-refractivity contribution in [2.24, 2.45) is 0 Å². The summed E-state index contributed by atoms with van der Waals surface area (Å²) < 4.78 is 13.0. The molecule has 0 spiro atoms. The molecule has 3 nitrogen and oxygen atoms in total. The summed E-state index contributed by atoms with van der Waals surface area (Å²) in [6.45, 7) is 7.37. The van der Waals surface area contributed by atoms with Crippen molar-refractivity contribution in [2.75, 3.05) is 13.1 Å². The molecule has 0 radical (unpaired) electrons. The van der Waals surface area contributed by atoms with Crippen LogP contribution in [0, 0.1) is 5.82 Å². The lowest BCUT2D eigenvalue weighted by molar-refractivity contribution is -0.122. The first-order valence-corrected chi connectivity index (χ1v) is 6.75. The van der Waals surface area contributed by atoms with Gasteiger partial charge in [-0.15, -0.1) is 0 Å². The average Bonchev–Trinajstić information content (AvgIpc) is 2.30. The second-order valence-electron chi connectivity index (χ2n) is 4.76. The molecule has 19 heavy (non-hydrogen) atoms. The molecule has 0 heterocycles. The molecule has 1 N–H and O–H groups in total. The SMILES string of the molecule is CCN(CC(=O)NC(C)C)Cc1ccc(F)cc1Cl. The number of benzene rings is 1. The van der Waals surface area contributed by atoms with Gasteiger partial charge in [-0.2, -0.15) is 0 Å². The molecule has 0 saturated carbocycles. The Labute approximate surface area is 118 Å². The number of amides is 1. The summed E-state index contributed by atoms with van der Waals surface area (Å²) in [4.78, 5) is 13.7. The molecule has 0 aliphatic carbocycles. The molecule has 0 aliphatic rings. The highest BCUT2D eigenvalue weighted by molar-refractivity contribution is 6.31. The van der Waals surface area contributed by atoms with Crippen LogP contribution in [0.25, 0.3) is 0 Å². The Hall–Kier alpha value is -1.13. The van der Waals surface area contributed by atoms with Crippen molar-refractivity contribution < 1.29 is 9.18 Å². The van der Waals surface area contributed by atoms with Gasteiger partial charge in [-0.05, 0) is 38.1 Å². The van der Waals surface area contributed by atoms with E-state index in [2.05, 4.69) is 5.32 Å². The topological polar surface area (TPSA) is 32.3 Å². The first-order chi connectivity index (χ1) is 8.92. The molecule has 1 aromatic carbocycles. The molecule has 5 heteroatoms. The van der Waals surface area contributed by atoms with Crippen LogP contribution in [0.2, 0.25) is 5.02 Å². The second kappa shape index (κ2) is 7.46. The summed E-state index contributed by atoms with van der Waals surface area (Å²) in [5.74, 6) is -0.371. The summed E-state index contributed by atoms with van der Waals surface area (Å²) in [7, 11) is 0. The molecule has 0 bridgehead atoms. The van der Waals surface area contributed by atoms with Crippen LogP contribution in [0.5, 0.6) is 0 Å². The van der Waals surface area contributed by atoms with Crippen LogP contribution in [0.1, 0.15) is 26.3 Å². The quantitative estimate of drug-likeness (QED) is 0.872. The first kappa shape index (κ1) is 15.9. The van der Waals surface area contributed by atoms with Crippen molar-refractivity contribution in [1.82, 2.24) is 10.2 Å². The predicted octanol–water partition coefficient (Wildman–Crippen LogP) is 2.83. The zero-order chi connectivity index (χ0) is 14.4. The smallest absolute Gasteiger partial charge is 0.234 e. The van der Waals surface area contributed by atoms with E-state index in [4.69, 9.17) is 11.6 Å². The normalized spacial score (nSPS) is 11.1. The maximum Gasteiger partial charge on any atom is 0.234 e. The molecular weight excluding hydrogens is 267 g/mol. The van der Waals surface area contributed by atoms with E-state index in [1.165, 1.54) is 12.1 Å². The minimum Gasteiger partial charge on any atom is -0.353 e. The fourth-order valence-electron chi connectivity index (χ4n) is 1.74. The molecule has 0 saturated heterocycles. The molecule has 0 fully saturated rings. The van der Waals surface area contributed by atoms with Crippen LogP contribution in [0.3, 0.4) is 0 Å². The number of rotatable bonds is 6. The fourth-order valence-corrected chi connectivity index (χ4v) is 1.97. The van der Waals surface area contributed by atoms with Crippen LogP contribution in [-0.4, -0.2) is 29.9 Å². The van der Waals surface area contributed by atoms with Gasteiger partial charge in [-0.1, -0.05) is 24.6 Å². The van der Waals surface area contributed by atoms with Crippen molar-refractivity contribution in [3.63, 3.8) is 0 Å². The zero-order valence-corrected chi connectivity index (χ0v) is 12.3. The number of hydrogen-bond acceptors (Lipinski definition) is 2. The number of halogens is 2. The molecule has 1 rings (SSSR count). The van der Waals surface area contributed by atoms with Crippen molar-refractivity contribution >= 4 is 17.5 Å². The third-order valence-corrected chi connectivity index (χ3v) is 3.03. The predicted molar refractivity (Wildman–Crippen MR) is 75.6 cm³/mol. The van der Waals surface area contributed by atoms with E-state index in [1.54, 1.807) is 6.07 Å². The maximum absolute atomic E-state index is 13.0. The Morgan fingerprint density at radius 1 is 1.47 bits per heavy atom. The van der Waals surface area contributed by atoms with Crippen LogP contribution < -0.4 is 5.32 Å². The molecule has 0 aromatic heterocycles. The van der Waals surface area contributed by atoms with Gasteiger partial charge in [0.1, 0.15) is 5.82 Å². The lowest BCUT2D eigenvalue weighted by Gasteiger charge is -2.21. The van der Waals surface area contributed by atoms with Gasteiger partial charge in [0.25, 0.3) is 0 Å². The molecular formula is C14H20ClFN2O. The summed E-state index contributed by atoms with van der Waals surface area (Å²) in [6.07, 6.45) is 0. The summed E-state index contributed by atoms with van der Waals surface area (Å²) in [5, 5.41) is 3.23. The average molecular weight is 287 g/mol. The van der Waals surface area contributed by atoms with Gasteiger partial charge in [0.15, 0.2) is 0 Å². The van der Waals surface area contributed by atoms with E-state index in [9.17, 15) is 9.18 Å². The Kier molecular flexibility index (Phi) is 6.25. The third kappa shape index (κ3) is 5.57. The van der Waals surface area contributed by atoms with Crippen LogP contribution in [0.4, 0.5) is 4.39 Å². The lowest BCUT2D eigenvalue weighted by Crippen LogP contribution is -2.39. The van der Waals surface area contributed by atoms with E-state index in [-0.39, 0.29) is 17.8 Å². The van der Waals surface area contributed by atoms with Gasteiger partial charge in [0.05, 0.1) is 6.54 Å². The van der Waals surface area contributed by atoms with Gasteiger partial charge < -0.3 is 5.32 Å². The number of nitrogens with one attached hydrogen (secondary N) is 1. The van der Waals surface area contributed by atoms with Crippen molar-refractivity contribution in [2.45, 2.75) is 33.4 Å². The highest BCUT2D eigenvalue weighted by Gasteiger charge is 2.12. The molecule has 106 valence electrons. The number of carbonyl (C=O) groups excluding carboxylic acids is 1. The van der Waals surface area contributed by atoms with Gasteiger partial charge in [-0.3, -0.25) is 9.69 Å². The largest absolute Gasteiger partial charge is 0.353 e. The second-order valence-corrected chi connectivity index (χ2v) is 5.17. The monoisotopic (exact) mass is 286 g/mol. The van der Waals surface area contributed by atoms with Crippen molar-refractivity contribution in [3.8, 4) is 0 Å². The Morgan fingerprint density at radius 3 is 2.68 bits per heavy atom. The van der Waals surface area contributed by atoms with E-state index < -0.39 is 0 Å². The maximum atomic E-state index is 13.0. The van der Waals surface area contributed by atoms with Crippen LogP contribution in [0.15, 0.2) is 18.2 Å². The highest BCUT2D eigenvalue weighted by atomic mass is 35.5. The summed E-state index contributed by atoms with van der Waals surface area (Å²) in [6, 6.07) is 4.45. The minimum absolute atomic E-state index is 0.0184. The van der Waals surface area contributed by atoms with Gasteiger partial charge >= 0.3 is 0 Å². The van der Waals surface area contributed by atoms with E-state index >= 15 is 0 Å². The molecule has 0 unspecified atom stereocenters. The Morgan fingerprint density at radius 2 is 2.16 bits per heavy atom. The van der Waals surface area contributed by atoms with Gasteiger partial charge in [0, 0.05) is 17.6 Å². The Bertz CT molecular complexity index is 437. The Balaban J connectivity index is 2.63. The highest BCUT2D eigenvalue weighted by Crippen LogP contribution is 2.18. The number of hydrogen-bond donors (Lipinski definition) is 1. The molecule has 0 aliphatic heterocycles. The number of likely N-dealkylation sites (N-methyl/N-ethyl adjacent to an activating group) is 1. The van der Waals surface area contributed by atoms with E-state index in [0.29, 0.717) is 18.1 Å². The summed E-state index contributed by atoms with van der Waals surface area (Å²) in [5.41, 5.74) is 0.822. The first-order valence-electron chi connectivity index (χ1n) is 6.38. The van der Waals surface area contributed by atoms with E-state index in [0.717, 1.165) is 12.1 Å². The standard InChI is InChI=1S/C14H20ClFN2O/c1-4-18(9-14(19)17-10(2)3)8-11-5-6-12(16)7-13(11)15/h5-7,10H,4,8-9H2,1-3H3,(H,17,19). The molecule has 1 amide bonds. The zero-order valence-electron chi connectivity index (χ0n) is 11.5. The van der Waals surface area contributed by atoms with Crippen molar-refractivity contribution in [1.29, 1.82) is 0 Å². The third-order valence-electron chi connectivity index (χ3n) is 2.67. The molecule has 1 aromatic rings. The summed E-state index contributed by atoms with van der Waals surface area (Å²) >= 11 is 5.98. The number of nitrogens with zero attached hydrogens (tertiary/aromatic N) is 1.